The summed E-state index contributed by atoms with van der Waals surface area (Å²) in [4.78, 5) is 25.0. The Morgan fingerprint density at radius 1 is 0.778 bits per heavy atom. The van der Waals surface area contributed by atoms with Crippen LogP contribution in [0.4, 0.5) is 0 Å². The largest absolute Gasteiger partial charge is 0.465 e. The van der Waals surface area contributed by atoms with E-state index in [4.69, 9.17) is 9.47 Å². The van der Waals surface area contributed by atoms with Gasteiger partial charge in [0.2, 0.25) is 0 Å². The standard InChI is InChI=1S/C23H28O4/c1-3-18(2)21(22(24)26-16-14-19-10-6-4-7-11-19)23(25)27-17-15-20-12-8-5-9-13-20/h4-13,18,21H,3,14-17H2,1-2H3. The maximum absolute atomic E-state index is 12.5. The highest BCUT2D eigenvalue weighted by atomic mass is 16.6. The van der Waals surface area contributed by atoms with Crippen LogP contribution in [0.15, 0.2) is 60.7 Å². The molecule has 2 aromatic rings. The van der Waals surface area contributed by atoms with E-state index in [2.05, 4.69) is 0 Å². The molecule has 0 fully saturated rings. The lowest BCUT2D eigenvalue weighted by Crippen LogP contribution is -2.33. The first kappa shape index (κ1) is 20.7. The van der Waals surface area contributed by atoms with Crippen LogP contribution in [0.1, 0.15) is 31.4 Å². The second-order valence-electron chi connectivity index (χ2n) is 6.67. The fourth-order valence-electron chi connectivity index (χ4n) is 2.80. The van der Waals surface area contributed by atoms with Crippen LogP contribution < -0.4 is 0 Å². The first-order valence-corrected chi connectivity index (χ1v) is 9.53. The Hall–Kier alpha value is -2.62. The number of carbonyl (C=O) groups is 2. The Balaban J connectivity index is 1.84. The second-order valence-corrected chi connectivity index (χ2v) is 6.67. The summed E-state index contributed by atoms with van der Waals surface area (Å²) >= 11 is 0. The molecule has 0 amide bonds. The number of ether oxygens (including phenoxy) is 2. The summed E-state index contributed by atoms with van der Waals surface area (Å²) in [6.07, 6.45) is 1.96. The van der Waals surface area contributed by atoms with Crippen molar-refractivity contribution in [1.29, 1.82) is 0 Å². The van der Waals surface area contributed by atoms with Crippen LogP contribution in [-0.4, -0.2) is 25.2 Å². The van der Waals surface area contributed by atoms with Crippen molar-refractivity contribution in [3.8, 4) is 0 Å². The highest BCUT2D eigenvalue weighted by molar-refractivity contribution is 5.95. The summed E-state index contributed by atoms with van der Waals surface area (Å²) in [6, 6.07) is 19.6. The summed E-state index contributed by atoms with van der Waals surface area (Å²) in [5.41, 5.74) is 2.19. The summed E-state index contributed by atoms with van der Waals surface area (Å²) in [6.45, 7) is 4.34. The Kier molecular flexibility index (Phi) is 8.56. The molecule has 0 radical (unpaired) electrons. The average Bonchev–Trinajstić information content (AvgIpc) is 2.69. The molecule has 1 atom stereocenters. The average molecular weight is 368 g/mol. The SMILES string of the molecule is CCC(C)C(C(=O)OCCc1ccccc1)C(=O)OCCc1ccccc1. The second kappa shape index (κ2) is 11.2. The number of rotatable bonds is 10. The smallest absolute Gasteiger partial charge is 0.320 e. The van der Waals surface area contributed by atoms with Gasteiger partial charge in [-0.3, -0.25) is 9.59 Å². The topological polar surface area (TPSA) is 52.6 Å². The van der Waals surface area contributed by atoms with Gasteiger partial charge in [-0.2, -0.15) is 0 Å². The number of hydrogen-bond acceptors (Lipinski definition) is 4. The minimum absolute atomic E-state index is 0.126. The van der Waals surface area contributed by atoms with Gasteiger partial charge in [0.15, 0.2) is 5.92 Å². The van der Waals surface area contributed by atoms with Crippen molar-refractivity contribution < 1.29 is 19.1 Å². The van der Waals surface area contributed by atoms with E-state index in [0.29, 0.717) is 19.3 Å². The van der Waals surface area contributed by atoms with Crippen molar-refractivity contribution >= 4 is 11.9 Å². The van der Waals surface area contributed by atoms with Gasteiger partial charge >= 0.3 is 11.9 Å². The van der Waals surface area contributed by atoms with Crippen LogP contribution in [-0.2, 0) is 31.9 Å². The molecule has 4 heteroatoms. The number of esters is 2. The van der Waals surface area contributed by atoms with Gasteiger partial charge in [0.1, 0.15) is 0 Å². The van der Waals surface area contributed by atoms with Gasteiger partial charge in [-0.15, -0.1) is 0 Å². The first-order chi connectivity index (χ1) is 13.1. The van der Waals surface area contributed by atoms with Crippen molar-refractivity contribution in [1.82, 2.24) is 0 Å². The highest BCUT2D eigenvalue weighted by Gasteiger charge is 2.34. The third-order valence-corrected chi connectivity index (χ3v) is 4.68. The molecular weight excluding hydrogens is 340 g/mol. The first-order valence-electron chi connectivity index (χ1n) is 9.53. The predicted octanol–water partition coefficient (Wildman–Crippen LogP) is 4.22. The maximum atomic E-state index is 12.5. The molecule has 0 aliphatic carbocycles. The molecule has 2 rings (SSSR count). The molecule has 0 N–H and O–H groups in total. The third-order valence-electron chi connectivity index (χ3n) is 4.68. The molecule has 144 valence electrons. The monoisotopic (exact) mass is 368 g/mol. The van der Waals surface area contributed by atoms with Gasteiger partial charge in [0.05, 0.1) is 13.2 Å². The normalized spacial score (nSPS) is 11.8. The van der Waals surface area contributed by atoms with E-state index in [9.17, 15) is 9.59 Å². The zero-order valence-corrected chi connectivity index (χ0v) is 16.1. The maximum Gasteiger partial charge on any atom is 0.320 e. The molecule has 0 aromatic heterocycles. The molecule has 0 spiro atoms. The van der Waals surface area contributed by atoms with Crippen LogP contribution in [0, 0.1) is 11.8 Å². The van der Waals surface area contributed by atoms with E-state index in [1.807, 2.05) is 74.5 Å². The van der Waals surface area contributed by atoms with Gasteiger partial charge in [0, 0.05) is 12.8 Å². The van der Waals surface area contributed by atoms with Crippen LogP contribution in [0.2, 0.25) is 0 Å². The van der Waals surface area contributed by atoms with Crippen molar-refractivity contribution in [2.75, 3.05) is 13.2 Å². The van der Waals surface area contributed by atoms with E-state index in [-0.39, 0.29) is 19.1 Å². The molecule has 0 aliphatic heterocycles. The molecule has 0 heterocycles. The molecule has 2 aromatic carbocycles. The zero-order chi connectivity index (χ0) is 19.5. The van der Waals surface area contributed by atoms with Crippen LogP contribution in [0.25, 0.3) is 0 Å². The molecule has 4 nitrogen and oxygen atoms in total. The Bertz CT molecular complexity index is 639. The minimum Gasteiger partial charge on any atom is -0.465 e. The van der Waals surface area contributed by atoms with Gasteiger partial charge in [-0.05, 0) is 17.0 Å². The Morgan fingerprint density at radius 3 is 1.56 bits per heavy atom. The Labute approximate surface area is 161 Å². The molecule has 0 saturated carbocycles. The molecule has 0 aliphatic rings. The van der Waals surface area contributed by atoms with Crippen molar-refractivity contribution in [3.63, 3.8) is 0 Å². The summed E-state index contributed by atoms with van der Waals surface area (Å²) in [5, 5.41) is 0. The summed E-state index contributed by atoms with van der Waals surface area (Å²) in [7, 11) is 0. The van der Waals surface area contributed by atoms with Crippen LogP contribution in [0.3, 0.4) is 0 Å². The quantitative estimate of drug-likeness (QED) is 0.465. The molecule has 0 saturated heterocycles. The summed E-state index contributed by atoms with van der Waals surface area (Å²) < 4.78 is 10.8. The zero-order valence-electron chi connectivity index (χ0n) is 16.1. The van der Waals surface area contributed by atoms with E-state index in [1.165, 1.54) is 0 Å². The van der Waals surface area contributed by atoms with Crippen LogP contribution >= 0.6 is 0 Å². The van der Waals surface area contributed by atoms with E-state index in [0.717, 1.165) is 11.1 Å². The lowest BCUT2D eigenvalue weighted by molar-refractivity contribution is -0.164. The highest BCUT2D eigenvalue weighted by Crippen LogP contribution is 2.19. The molecule has 0 bridgehead atoms. The minimum atomic E-state index is -0.874. The molecule has 27 heavy (non-hydrogen) atoms. The van der Waals surface area contributed by atoms with Crippen molar-refractivity contribution in [2.45, 2.75) is 33.1 Å². The number of hydrogen-bond donors (Lipinski definition) is 0. The van der Waals surface area contributed by atoms with Crippen molar-refractivity contribution in [2.24, 2.45) is 11.8 Å². The van der Waals surface area contributed by atoms with E-state index < -0.39 is 17.9 Å². The Morgan fingerprint density at radius 2 is 1.19 bits per heavy atom. The van der Waals surface area contributed by atoms with Crippen LogP contribution in [0.5, 0.6) is 0 Å². The predicted molar refractivity (Wildman–Crippen MR) is 105 cm³/mol. The van der Waals surface area contributed by atoms with E-state index in [1.54, 1.807) is 0 Å². The fourth-order valence-corrected chi connectivity index (χ4v) is 2.80. The lowest BCUT2D eigenvalue weighted by atomic mass is 9.92. The lowest BCUT2D eigenvalue weighted by Gasteiger charge is -2.20. The van der Waals surface area contributed by atoms with Gasteiger partial charge in [-0.1, -0.05) is 80.9 Å². The molecular formula is C23H28O4. The number of carbonyl (C=O) groups excluding carboxylic acids is 2. The summed E-state index contributed by atoms with van der Waals surface area (Å²) in [5.74, 6) is -1.99. The van der Waals surface area contributed by atoms with Gasteiger partial charge < -0.3 is 9.47 Å². The van der Waals surface area contributed by atoms with Gasteiger partial charge in [-0.25, -0.2) is 0 Å². The van der Waals surface area contributed by atoms with E-state index >= 15 is 0 Å². The number of benzene rings is 2. The van der Waals surface area contributed by atoms with Gasteiger partial charge in [0.25, 0.3) is 0 Å². The third kappa shape index (κ3) is 6.89. The van der Waals surface area contributed by atoms with Crippen molar-refractivity contribution in [3.05, 3.63) is 71.8 Å². The molecule has 1 unspecified atom stereocenters. The fraction of sp³-hybridized carbons (Fsp3) is 0.391.